The Morgan fingerprint density at radius 2 is 1.90 bits per heavy atom. The van der Waals surface area contributed by atoms with Crippen molar-refractivity contribution in [1.82, 2.24) is 9.79 Å². The van der Waals surface area contributed by atoms with Crippen LogP contribution in [0.4, 0.5) is 0 Å². The van der Waals surface area contributed by atoms with Gasteiger partial charge in [-0.1, -0.05) is 12.1 Å². The van der Waals surface area contributed by atoms with E-state index < -0.39 is 34.2 Å². The van der Waals surface area contributed by atoms with Crippen LogP contribution in [0.2, 0.25) is 0 Å². The molecule has 0 aromatic heterocycles. The van der Waals surface area contributed by atoms with Crippen LogP contribution in [-0.2, 0) is 26.2 Å². The molecule has 2 aromatic rings. The van der Waals surface area contributed by atoms with Crippen molar-refractivity contribution < 1.29 is 32.6 Å². The molecule has 1 saturated heterocycles. The fourth-order valence-electron chi connectivity index (χ4n) is 3.51. The van der Waals surface area contributed by atoms with E-state index in [0.717, 1.165) is 15.6 Å². The zero-order valence-corrected chi connectivity index (χ0v) is 18.3. The molecule has 1 fully saturated rings. The number of sulfonamides is 1. The molecule has 3 rings (SSSR count). The number of nitrogens with zero attached hydrogens (tertiary/aromatic N) is 1. The Morgan fingerprint density at radius 3 is 2.55 bits per heavy atom. The lowest BCUT2D eigenvalue weighted by atomic mass is 10.1. The maximum absolute atomic E-state index is 13.2. The van der Waals surface area contributed by atoms with Crippen LogP contribution in [-0.4, -0.2) is 55.7 Å². The third-order valence-electron chi connectivity index (χ3n) is 4.99. The molecule has 10 heteroatoms. The quantitative estimate of drug-likeness (QED) is 0.489. The number of carbonyl (C=O) groups excluding carboxylic acids is 1. The van der Waals surface area contributed by atoms with Gasteiger partial charge in [0.1, 0.15) is 24.1 Å². The molecule has 1 amide bonds. The molecule has 168 valence electrons. The number of benzene rings is 2. The highest BCUT2D eigenvalue weighted by atomic mass is 32.2. The van der Waals surface area contributed by atoms with Gasteiger partial charge in [-0.25, -0.2) is 13.9 Å². The Hall–Kier alpha value is -2.66. The molecule has 0 spiro atoms. The lowest BCUT2D eigenvalue weighted by molar-refractivity contribution is -0.146. The number of carbonyl (C=O) groups is 1. The summed E-state index contributed by atoms with van der Waals surface area (Å²) in [5, 5.41) is 9.05. The number of hydrogen-bond acceptors (Lipinski definition) is 7. The minimum Gasteiger partial charge on any atom is -0.497 e. The van der Waals surface area contributed by atoms with Gasteiger partial charge in [-0.05, 0) is 55.8 Å². The minimum absolute atomic E-state index is 0.0123. The van der Waals surface area contributed by atoms with Gasteiger partial charge in [0, 0.05) is 6.54 Å². The zero-order valence-electron chi connectivity index (χ0n) is 17.5. The summed E-state index contributed by atoms with van der Waals surface area (Å²) in [6.45, 7) is 3.59. The first-order valence-electron chi connectivity index (χ1n) is 9.73. The fraction of sp³-hybridized carbons (Fsp3) is 0.381. The van der Waals surface area contributed by atoms with Crippen LogP contribution in [0.1, 0.15) is 19.4 Å². The number of morpholine rings is 1. The number of hydroxylamine groups is 1. The molecule has 0 aliphatic carbocycles. The number of ether oxygens (including phenoxy) is 3. The van der Waals surface area contributed by atoms with Crippen molar-refractivity contribution in [3.05, 3.63) is 54.1 Å². The molecule has 2 N–H and O–H groups in total. The second-order valence-electron chi connectivity index (χ2n) is 7.26. The summed E-state index contributed by atoms with van der Waals surface area (Å²) >= 11 is 0. The molecule has 0 saturated carbocycles. The first kappa shape index (κ1) is 23.0. The molecule has 9 nitrogen and oxygen atoms in total. The SMILES string of the molecule is COc1cccc(COc2ccc(S(=O)(=O)N3C[C@H](C)OC(C)[C@@H]3C(=O)NO)cc2)c1. The van der Waals surface area contributed by atoms with Gasteiger partial charge in [-0.2, -0.15) is 4.31 Å². The summed E-state index contributed by atoms with van der Waals surface area (Å²) in [7, 11) is -2.43. The van der Waals surface area contributed by atoms with Gasteiger partial charge in [0.2, 0.25) is 10.0 Å². The summed E-state index contributed by atoms with van der Waals surface area (Å²) < 4.78 is 44.0. The number of rotatable bonds is 7. The van der Waals surface area contributed by atoms with Crippen molar-refractivity contribution in [1.29, 1.82) is 0 Å². The zero-order chi connectivity index (χ0) is 22.6. The molecule has 0 bridgehead atoms. The Labute approximate surface area is 181 Å². The van der Waals surface area contributed by atoms with Crippen molar-refractivity contribution in [2.45, 2.75) is 43.6 Å². The van der Waals surface area contributed by atoms with E-state index in [1.807, 2.05) is 24.3 Å². The average molecular weight is 451 g/mol. The second kappa shape index (κ2) is 9.65. The summed E-state index contributed by atoms with van der Waals surface area (Å²) in [6.07, 6.45) is -1.13. The number of amides is 1. The minimum atomic E-state index is -4.02. The Balaban J connectivity index is 1.77. The van der Waals surface area contributed by atoms with E-state index in [2.05, 4.69) is 0 Å². The molecular weight excluding hydrogens is 424 g/mol. The fourth-order valence-corrected chi connectivity index (χ4v) is 5.24. The van der Waals surface area contributed by atoms with E-state index in [0.29, 0.717) is 12.4 Å². The summed E-state index contributed by atoms with van der Waals surface area (Å²) in [6, 6.07) is 12.2. The molecule has 1 heterocycles. The molecule has 1 aliphatic heterocycles. The first-order valence-corrected chi connectivity index (χ1v) is 11.2. The maximum Gasteiger partial charge on any atom is 0.264 e. The van der Waals surface area contributed by atoms with Gasteiger partial charge in [0.15, 0.2) is 0 Å². The van der Waals surface area contributed by atoms with Crippen LogP contribution >= 0.6 is 0 Å². The van der Waals surface area contributed by atoms with Crippen LogP contribution in [0.5, 0.6) is 11.5 Å². The van der Waals surface area contributed by atoms with Crippen molar-refractivity contribution >= 4 is 15.9 Å². The highest BCUT2D eigenvalue weighted by Gasteiger charge is 2.44. The second-order valence-corrected chi connectivity index (χ2v) is 9.15. The van der Waals surface area contributed by atoms with E-state index in [-0.39, 0.29) is 11.4 Å². The molecule has 31 heavy (non-hydrogen) atoms. The van der Waals surface area contributed by atoms with Gasteiger partial charge in [0.05, 0.1) is 24.2 Å². The predicted molar refractivity (Wildman–Crippen MR) is 111 cm³/mol. The summed E-state index contributed by atoms with van der Waals surface area (Å²) in [5.74, 6) is 0.370. The standard InChI is InChI=1S/C21H26N2O7S/c1-14-12-23(20(15(2)30-14)21(24)22-25)31(26,27)19-9-7-17(8-10-19)29-13-16-5-4-6-18(11-16)28-3/h4-11,14-15,20,25H,12-13H2,1-3H3,(H,22,24)/t14-,15?,20+/m0/s1. The number of nitrogens with one attached hydrogen (secondary N) is 1. The van der Waals surface area contributed by atoms with Crippen LogP contribution < -0.4 is 15.0 Å². The topological polar surface area (TPSA) is 114 Å². The van der Waals surface area contributed by atoms with Crippen molar-refractivity contribution in [2.24, 2.45) is 0 Å². The van der Waals surface area contributed by atoms with E-state index in [1.165, 1.54) is 17.6 Å². The normalized spacial score (nSPS) is 22.0. The van der Waals surface area contributed by atoms with Gasteiger partial charge in [-0.3, -0.25) is 10.0 Å². The highest BCUT2D eigenvalue weighted by Crippen LogP contribution is 2.27. The molecule has 3 atom stereocenters. The smallest absolute Gasteiger partial charge is 0.264 e. The van der Waals surface area contributed by atoms with E-state index in [4.69, 9.17) is 19.4 Å². The Kier molecular flexibility index (Phi) is 7.16. The third kappa shape index (κ3) is 5.16. The maximum atomic E-state index is 13.2. The van der Waals surface area contributed by atoms with E-state index in [9.17, 15) is 13.2 Å². The third-order valence-corrected chi connectivity index (χ3v) is 6.85. The monoisotopic (exact) mass is 450 g/mol. The van der Waals surface area contributed by atoms with Crippen LogP contribution in [0.25, 0.3) is 0 Å². The van der Waals surface area contributed by atoms with E-state index in [1.54, 1.807) is 33.1 Å². The van der Waals surface area contributed by atoms with Gasteiger partial charge >= 0.3 is 0 Å². The van der Waals surface area contributed by atoms with Gasteiger partial charge in [-0.15, -0.1) is 0 Å². The van der Waals surface area contributed by atoms with Crippen molar-refractivity contribution in [2.75, 3.05) is 13.7 Å². The van der Waals surface area contributed by atoms with E-state index >= 15 is 0 Å². The van der Waals surface area contributed by atoms with Crippen molar-refractivity contribution in [3.8, 4) is 11.5 Å². The average Bonchev–Trinajstić information content (AvgIpc) is 2.77. The Morgan fingerprint density at radius 1 is 1.19 bits per heavy atom. The van der Waals surface area contributed by atoms with Crippen LogP contribution in [0.3, 0.4) is 0 Å². The molecule has 1 unspecified atom stereocenters. The molecule has 0 radical (unpaired) electrons. The Bertz CT molecular complexity index is 1010. The van der Waals surface area contributed by atoms with Crippen LogP contribution in [0.15, 0.2) is 53.4 Å². The number of hydrogen-bond donors (Lipinski definition) is 2. The molecule has 1 aliphatic rings. The molecule has 2 aromatic carbocycles. The largest absolute Gasteiger partial charge is 0.497 e. The molecular formula is C21H26N2O7S. The van der Waals surface area contributed by atoms with Crippen LogP contribution in [0, 0.1) is 0 Å². The highest BCUT2D eigenvalue weighted by molar-refractivity contribution is 7.89. The van der Waals surface area contributed by atoms with Gasteiger partial charge in [0.25, 0.3) is 5.91 Å². The predicted octanol–water partition coefficient (Wildman–Crippen LogP) is 1.95. The van der Waals surface area contributed by atoms with Crippen molar-refractivity contribution in [3.63, 3.8) is 0 Å². The lowest BCUT2D eigenvalue weighted by Crippen LogP contribution is -2.60. The summed E-state index contributed by atoms with van der Waals surface area (Å²) in [4.78, 5) is 12.1. The first-order chi connectivity index (χ1) is 14.8. The van der Waals surface area contributed by atoms with Gasteiger partial charge < -0.3 is 14.2 Å². The lowest BCUT2D eigenvalue weighted by Gasteiger charge is -2.40. The number of methoxy groups -OCH3 is 1. The summed E-state index contributed by atoms with van der Waals surface area (Å²) in [5.41, 5.74) is 2.44.